The van der Waals surface area contributed by atoms with Crippen LogP contribution in [0.5, 0.6) is 0 Å². The van der Waals surface area contributed by atoms with Gasteiger partial charge in [0.25, 0.3) is 5.56 Å². The summed E-state index contributed by atoms with van der Waals surface area (Å²) in [5.41, 5.74) is 3.65. The maximum absolute atomic E-state index is 12.9. The Labute approximate surface area is 157 Å². The largest absolute Gasteiger partial charge is 0.294 e. The average molecular weight is 354 g/mol. The number of fused-ring (bicyclic) bond motifs is 1. The van der Waals surface area contributed by atoms with Crippen LogP contribution in [0.2, 0.25) is 0 Å². The smallest absolute Gasteiger partial charge is 0.273 e. The zero-order chi connectivity index (χ0) is 19.0. The minimum Gasteiger partial charge on any atom is -0.294 e. The van der Waals surface area contributed by atoms with Crippen LogP contribution in [0.4, 0.5) is 0 Å². The summed E-state index contributed by atoms with van der Waals surface area (Å²) in [6.07, 6.45) is 0.966. The van der Waals surface area contributed by atoms with Crippen LogP contribution in [-0.2, 0) is 6.42 Å². The van der Waals surface area contributed by atoms with E-state index in [4.69, 9.17) is 0 Å². The molecule has 0 saturated carbocycles. The van der Waals surface area contributed by atoms with Crippen molar-refractivity contribution < 1.29 is 4.79 Å². The first kappa shape index (κ1) is 17.0. The fourth-order valence-corrected chi connectivity index (χ4v) is 3.74. The maximum atomic E-state index is 12.9. The number of ketones is 1. The molecule has 0 aliphatic heterocycles. The molecule has 2 aromatic carbocycles. The topological polar surface area (TPSA) is 62.9 Å². The van der Waals surface area contributed by atoms with E-state index in [9.17, 15) is 14.9 Å². The molecule has 1 aliphatic carbocycles. The standard InChI is InChI=1S/C23H18N2O2/c1-15-7-9-19(10-8-15)25-21-12-17(16-5-3-2-4-6-16)13-22(26)20(21)11-18(14-24)23(25)27/h2-11,17H,12-13H2,1H3/t17-/m1/s1. The molecule has 0 amide bonds. The molecular formula is C23H18N2O2. The Kier molecular flexibility index (Phi) is 4.21. The number of nitriles is 1. The molecule has 4 nitrogen and oxygen atoms in total. The zero-order valence-electron chi connectivity index (χ0n) is 15.0. The quantitative estimate of drug-likeness (QED) is 0.700. The van der Waals surface area contributed by atoms with Crippen LogP contribution in [0.15, 0.2) is 65.5 Å². The lowest BCUT2D eigenvalue weighted by molar-refractivity contribution is 0.0962. The van der Waals surface area contributed by atoms with Gasteiger partial charge < -0.3 is 0 Å². The number of rotatable bonds is 2. The van der Waals surface area contributed by atoms with Crippen molar-refractivity contribution in [2.24, 2.45) is 0 Å². The number of carbonyl (C=O) groups is 1. The Morgan fingerprint density at radius 3 is 2.37 bits per heavy atom. The minimum atomic E-state index is -0.374. The number of Topliss-reactive ketones (excluding diaryl/α,β-unsaturated/α-hetero) is 1. The number of pyridine rings is 1. The number of benzene rings is 2. The predicted octanol–water partition coefficient (Wildman–Crippen LogP) is 3.93. The lowest BCUT2D eigenvalue weighted by Gasteiger charge is -2.27. The Morgan fingerprint density at radius 2 is 1.70 bits per heavy atom. The third-order valence-corrected chi connectivity index (χ3v) is 5.16. The van der Waals surface area contributed by atoms with Gasteiger partial charge in [-0.2, -0.15) is 5.26 Å². The maximum Gasteiger partial charge on any atom is 0.273 e. The van der Waals surface area contributed by atoms with E-state index in [1.807, 2.05) is 67.6 Å². The van der Waals surface area contributed by atoms with Gasteiger partial charge in [-0.15, -0.1) is 0 Å². The SMILES string of the molecule is Cc1ccc(-n2c3c(cc(C#N)c2=O)C(=O)C[C@H](c2ccccc2)C3)cc1. The van der Waals surface area contributed by atoms with Crippen molar-refractivity contribution in [3.05, 3.63) is 99.0 Å². The summed E-state index contributed by atoms with van der Waals surface area (Å²) >= 11 is 0. The molecule has 0 fully saturated rings. The van der Waals surface area contributed by atoms with Crippen molar-refractivity contribution in [3.8, 4) is 11.8 Å². The Hall–Kier alpha value is -3.45. The lowest BCUT2D eigenvalue weighted by Crippen LogP contribution is -2.31. The molecule has 0 bridgehead atoms. The van der Waals surface area contributed by atoms with E-state index in [1.54, 1.807) is 4.57 Å². The van der Waals surface area contributed by atoms with E-state index in [2.05, 4.69) is 0 Å². The number of aryl methyl sites for hydroxylation is 1. The number of aromatic nitrogens is 1. The summed E-state index contributed by atoms with van der Waals surface area (Å²) in [7, 11) is 0. The first-order chi connectivity index (χ1) is 13.1. The highest BCUT2D eigenvalue weighted by Crippen LogP contribution is 2.33. The second-order valence-electron chi connectivity index (χ2n) is 6.95. The van der Waals surface area contributed by atoms with Gasteiger partial charge in [0.2, 0.25) is 0 Å². The average Bonchev–Trinajstić information content (AvgIpc) is 2.69. The molecule has 1 aliphatic rings. The molecule has 1 heterocycles. The van der Waals surface area contributed by atoms with Crippen LogP contribution in [0.1, 0.15) is 45.1 Å². The Morgan fingerprint density at radius 1 is 1.00 bits per heavy atom. The monoisotopic (exact) mass is 354 g/mol. The van der Waals surface area contributed by atoms with Crippen LogP contribution in [0.3, 0.4) is 0 Å². The van der Waals surface area contributed by atoms with Crippen molar-refractivity contribution in [2.45, 2.75) is 25.7 Å². The molecule has 0 saturated heterocycles. The normalized spacial score (nSPS) is 15.9. The first-order valence-electron chi connectivity index (χ1n) is 8.92. The highest BCUT2D eigenvalue weighted by Gasteiger charge is 2.30. The van der Waals surface area contributed by atoms with Crippen LogP contribution < -0.4 is 5.56 Å². The number of nitrogens with zero attached hydrogens (tertiary/aromatic N) is 2. The van der Waals surface area contributed by atoms with E-state index < -0.39 is 0 Å². The van der Waals surface area contributed by atoms with Crippen molar-refractivity contribution >= 4 is 5.78 Å². The summed E-state index contributed by atoms with van der Waals surface area (Å²) in [6.45, 7) is 1.97. The number of hydrogen-bond donors (Lipinski definition) is 0. The van der Waals surface area contributed by atoms with E-state index in [-0.39, 0.29) is 22.8 Å². The van der Waals surface area contributed by atoms with Gasteiger partial charge in [-0.3, -0.25) is 14.2 Å². The van der Waals surface area contributed by atoms with Crippen LogP contribution in [0, 0.1) is 18.3 Å². The molecule has 1 aromatic heterocycles. The van der Waals surface area contributed by atoms with E-state index >= 15 is 0 Å². The number of carbonyl (C=O) groups excluding carboxylic acids is 1. The van der Waals surface area contributed by atoms with Crippen LogP contribution in [-0.4, -0.2) is 10.4 Å². The van der Waals surface area contributed by atoms with Gasteiger partial charge in [-0.25, -0.2) is 0 Å². The molecule has 4 rings (SSSR count). The molecule has 0 radical (unpaired) electrons. The fraction of sp³-hybridized carbons (Fsp3) is 0.174. The van der Waals surface area contributed by atoms with Gasteiger partial charge in [0, 0.05) is 23.4 Å². The van der Waals surface area contributed by atoms with Crippen molar-refractivity contribution in [1.29, 1.82) is 5.26 Å². The Balaban J connectivity index is 1.94. The lowest BCUT2D eigenvalue weighted by atomic mass is 9.81. The molecular weight excluding hydrogens is 336 g/mol. The zero-order valence-corrected chi connectivity index (χ0v) is 15.0. The van der Waals surface area contributed by atoms with E-state index in [0.717, 1.165) is 11.1 Å². The number of hydrogen-bond acceptors (Lipinski definition) is 3. The van der Waals surface area contributed by atoms with Crippen molar-refractivity contribution in [2.75, 3.05) is 0 Å². The molecule has 0 unspecified atom stereocenters. The summed E-state index contributed by atoms with van der Waals surface area (Å²) in [6, 6.07) is 20.9. The molecule has 1 atom stereocenters. The van der Waals surface area contributed by atoms with Crippen molar-refractivity contribution in [3.63, 3.8) is 0 Å². The van der Waals surface area contributed by atoms with Gasteiger partial charge in [0.1, 0.15) is 11.6 Å². The summed E-state index contributed by atoms with van der Waals surface area (Å²) in [4.78, 5) is 25.8. The molecule has 0 N–H and O–H groups in total. The summed E-state index contributed by atoms with van der Waals surface area (Å²) in [5, 5.41) is 9.38. The molecule has 27 heavy (non-hydrogen) atoms. The minimum absolute atomic E-state index is 0.000774. The predicted molar refractivity (Wildman–Crippen MR) is 103 cm³/mol. The Bertz CT molecular complexity index is 1120. The van der Waals surface area contributed by atoms with Gasteiger partial charge in [-0.05, 0) is 43.0 Å². The van der Waals surface area contributed by atoms with Gasteiger partial charge >= 0.3 is 0 Å². The molecule has 3 aromatic rings. The molecule has 132 valence electrons. The van der Waals surface area contributed by atoms with Crippen molar-refractivity contribution in [1.82, 2.24) is 4.57 Å². The highest BCUT2D eigenvalue weighted by molar-refractivity contribution is 5.99. The second kappa shape index (κ2) is 6.69. The van der Waals surface area contributed by atoms with Gasteiger partial charge in [0.05, 0.1) is 0 Å². The van der Waals surface area contributed by atoms with Crippen LogP contribution >= 0.6 is 0 Å². The summed E-state index contributed by atoms with van der Waals surface area (Å²) < 4.78 is 1.54. The first-order valence-corrected chi connectivity index (χ1v) is 8.92. The van der Waals surface area contributed by atoms with Crippen LogP contribution in [0.25, 0.3) is 5.69 Å². The summed E-state index contributed by atoms with van der Waals surface area (Å²) in [5.74, 6) is -0.00213. The second-order valence-corrected chi connectivity index (χ2v) is 6.95. The molecule has 4 heteroatoms. The van der Waals surface area contributed by atoms with E-state index in [1.165, 1.54) is 6.07 Å². The van der Waals surface area contributed by atoms with Gasteiger partial charge in [-0.1, -0.05) is 48.0 Å². The third-order valence-electron chi connectivity index (χ3n) is 5.16. The fourth-order valence-electron chi connectivity index (χ4n) is 3.74. The van der Waals surface area contributed by atoms with E-state index in [0.29, 0.717) is 29.8 Å². The molecule has 0 spiro atoms. The third kappa shape index (κ3) is 2.98. The highest BCUT2D eigenvalue weighted by atomic mass is 16.1. The van der Waals surface area contributed by atoms with Gasteiger partial charge in [0.15, 0.2) is 5.78 Å².